The summed E-state index contributed by atoms with van der Waals surface area (Å²) in [5.74, 6) is -0.00161. The third-order valence-corrected chi connectivity index (χ3v) is 3.01. The smallest absolute Gasteiger partial charge is 0.258 e. The summed E-state index contributed by atoms with van der Waals surface area (Å²) in [6.45, 7) is 0. The molecule has 0 aliphatic rings. The highest BCUT2D eigenvalue weighted by atomic mass is 79.9. The van der Waals surface area contributed by atoms with Crippen LogP contribution in [0.3, 0.4) is 0 Å². The van der Waals surface area contributed by atoms with E-state index in [2.05, 4.69) is 31.2 Å². The summed E-state index contributed by atoms with van der Waals surface area (Å²) in [5.41, 5.74) is 6.56. The number of nitrogens with zero attached hydrogens (tertiary/aromatic N) is 2. The molecule has 0 unspecified atom stereocenters. The molecular weight excluding hydrogens is 320 g/mol. The van der Waals surface area contributed by atoms with Crippen molar-refractivity contribution >= 4 is 44.9 Å². The standard InChI is InChI=1S/C11H8BrClN4O/c12-8-2-1-6(14)3-7(8)11(18)17-10-4-9(13)15-5-16-10/h1-5H,14H2,(H,15,16,17,18). The van der Waals surface area contributed by atoms with Crippen LogP contribution in [0, 0.1) is 0 Å². The van der Waals surface area contributed by atoms with Crippen molar-refractivity contribution in [1.29, 1.82) is 0 Å². The summed E-state index contributed by atoms with van der Waals surface area (Å²) >= 11 is 8.98. The number of carbonyl (C=O) groups is 1. The Hall–Kier alpha value is -1.66. The van der Waals surface area contributed by atoms with Crippen LogP contribution in [0.4, 0.5) is 11.5 Å². The number of aromatic nitrogens is 2. The van der Waals surface area contributed by atoms with Gasteiger partial charge in [0, 0.05) is 16.2 Å². The van der Waals surface area contributed by atoms with Crippen molar-refractivity contribution in [3.05, 3.63) is 45.8 Å². The van der Waals surface area contributed by atoms with Gasteiger partial charge in [0.05, 0.1) is 5.56 Å². The molecule has 2 aromatic rings. The van der Waals surface area contributed by atoms with Gasteiger partial charge in [-0.2, -0.15) is 0 Å². The summed E-state index contributed by atoms with van der Waals surface area (Å²) in [4.78, 5) is 19.6. The first kappa shape index (κ1) is 12.8. The summed E-state index contributed by atoms with van der Waals surface area (Å²) in [5, 5.41) is 2.86. The van der Waals surface area contributed by atoms with Crippen LogP contribution in [0.25, 0.3) is 0 Å². The van der Waals surface area contributed by atoms with E-state index in [0.29, 0.717) is 21.5 Å². The van der Waals surface area contributed by atoms with Crippen LogP contribution in [0.15, 0.2) is 35.1 Å². The number of carbonyl (C=O) groups excluding carboxylic acids is 1. The van der Waals surface area contributed by atoms with Crippen molar-refractivity contribution < 1.29 is 4.79 Å². The molecule has 0 saturated heterocycles. The fraction of sp³-hybridized carbons (Fsp3) is 0. The van der Waals surface area contributed by atoms with Gasteiger partial charge in [0.2, 0.25) is 0 Å². The molecule has 0 aliphatic heterocycles. The summed E-state index contributed by atoms with van der Waals surface area (Å²) in [6, 6.07) is 6.43. The first-order valence-corrected chi connectivity index (χ1v) is 6.07. The van der Waals surface area contributed by atoms with Crippen molar-refractivity contribution in [2.24, 2.45) is 0 Å². The summed E-state index contributed by atoms with van der Waals surface area (Å²) in [7, 11) is 0. The molecule has 1 heterocycles. The van der Waals surface area contributed by atoms with Gasteiger partial charge in [-0.05, 0) is 34.1 Å². The molecule has 1 amide bonds. The van der Waals surface area contributed by atoms with Gasteiger partial charge >= 0.3 is 0 Å². The maximum Gasteiger partial charge on any atom is 0.258 e. The van der Waals surface area contributed by atoms with E-state index < -0.39 is 0 Å². The fourth-order valence-electron chi connectivity index (χ4n) is 1.30. The molecule has 2 rings (SSSR count). The Labute approximate surface area is 117 Å². The van der Waals surface area contributed by atoms with E-state index in [1.807, 2.05) is 0 Å². The summed E-state index contributed by atoms with van der Waals surface area (Å²) in [6.07, 6.45) is 1.27. The number of nitrogen functional groups attached to an aromatic ring is 1. The number of halogens is 2. The maximum absolute atomic E-state index is 12.0. The molecule has 0 saturated carbocycles. The lowest BCUT2D eigenvalue weighted by Crippen LogP contribution is -2.14. The van der Waals surface area contributed by atoms with Crippen molar-refractivity contribution in [3.63, 3.8) is 0 Å². The van der Waals surface area contributed by atoms with Crippen LogP contribution in [0.1, 0.15) is 10.4 Å². The maximum atomic E-state index is 12.0. The summed E-state index contributed by atoms with van der Waals surface area (Å²) < 4.78 is 0.648. The van der Waals surface area contributed by atoms with Gasteiger partial charge in [-0.3, -0.25) is 4.79 Å². The van der Waals surface area contributed by atoms with Gasteiger partial charge in [-0.25, -0.2) is 9.97 Å². The third kappa shape index (κ3) is 2.96. The number of benzene rings is 1. The first-order chi connectivity index (χ1) is 8.56. The number of nitrogens with two attached hydrogens (primary N) is 1. The van der Waals surface area contributed by atoms with E-state index in [0.717, 1.165) is 0 Å². The van der Waals surface area contributed by atoms with Crippen molar-refractivity contribution in [1.82, 2.24) is 9.97 Å². The molecule has 92 valence electrons. The van der Waals surface area contributed by atoms with E-state index >= 15 is 0 Å². The van der Waals surface area contributed by atoms with Crippen LogP contribution < -0.4 is 11.1 Å². The molecule has 18 heavy (non-hydrogen) atoms. The third-order valence-electron chi connectivity index (χ3n) is 2.11. The number of rotatable bonds is 2. The van der Waals surface area contributed by atoms with Gasteiger partial charge in [-0.15, -0.1) is 0 Å². The minimum atomic E-state index is -0.330. The minimum absolute atomic E-state index is 0.256. The lowest BCUT2D eigenvalue weighted by molar-refractivity contribution is 0.102. The zero-order valence-corrected chi connectivity index (χ0v) is 11.4. The Morgan fingerprint density at radius 3 is 2.83 bits per heavy atom. The highest BCUT2D eigenvalue weighted by Crippen LogP contribution is 2.20. The molecule has 0 radical (unpaired) electrons. The van der Waals surface area contributed by atoms with Crippen LogP contribution in [-0.4, -0.2) is 15.9 Å². The zero-order valence-electron chi connectivity index (χ0n) is 9.02. The second-order valence-electron chi connectivity index (χ2n) is 3.42. The van der Waals surface area contributed by atoms with Crippen molar-refractivity contribution in [2.45, 2.75) is 0 Å². The second kappa shape index (κ2) is 5.32. The van der Waals surface area contributed by atoms with E-state index in [4.69, 9.17) is 17.3 Å². The molecule has 0 fully saturated rings. The van der Waals surface area contributed by atoms with Gasteiger partial charge in [0.15, 0.2) is 0 Å². The van der Waals surface area contributed by atoms with Gasteiger partial charge in [0.1, 0.15) is 17.3 Å². The monoisotopic (exact) mass is 326 g/mol. The topological polar surface area (TPSA) is 80.9 Å². The highest BCUT2D eigenvalue weighted by molar-refractivity contribution is 9.10. The van der Waals surface area contributed by atoms with Crippen molar-refractivity contribution in [2.75, 3.05) is 11.1 Å². The first-order valence-electron chi connectivity index (χ1n) is 4.90. The van der Waals surface area contributed by atoms with Gasteiger partial charge < -0.3 is 11.1 Å². The lowest BCUT2D eigenvalue weighted by Gasteiger charge is -2.06. The quantitative estimate of drug-likeness (QED) is 0.656. The van der Waals surface area contributed by atoms with Gasteiger partial charge in [-0.1, -0.05) is 11.6 Å². The lowest BCUT2D eigenvalue weighted by atomic mass is 10.2. The number of hydrogen-bond acceptors (Lipinski definition) is 4. The zero-order chi connectivity index (χ0) is 13.1. The van der Waals surface area contributed by atoms with E-state index in [1.54, 1.807) is 18.2 Å². The highest BCUT2D eigenvalue weighted by Gasteiger charge is 2.11. The normalized spacial score (nSPS) is 10.1. The predicted molar refractivity (Wildman–Crippen MR) is 73.5 cm³/mol. The number of anilines is 2. The fourth-order valence-corrected chi connectivity index (χ4v) is 1.88. The van der Waals surface area contributed by atoms with Crippen LogP contribution in [0.2, 0.25) is 5.15 Å². The molecule has 5 nitrogen and oxygen atoms in total. The van der Waals surface area contributed by atoms with Gasteiger partial charge in [0.25, 0.3) is 5.91 Å². The Kier molecular flexibility index (Phi) is 3.78. The number of hydrogen-bond donors (Lipinski definition) is 2. The molecule has 0 atom stereocenters. The molecule has 0 spiro atoms. The van der Waals surface area contributed by atoms with E-state index in [-0.39, 0.29) is 11.1 Å². The Bertz CT molecular complexity index is 605. The average molecular weight is 328 g/mol. The molecule has 1 aromatic heterocycles. The average Bonchev–Trinajstić information content (AvgIpc) is 2.32. The number of nitrogens with one attached hydrogen (secondary N) is 1. The second-order valence-corrected chi connectivity index (χ2v) is 4.66. The largest absolute Gasteiger partial charge is 0.399 e. The SMILES string of the molecule is Nc1ccc(Br)c(C(=O)Nc2cc(Cl)ncn2)c1. The van der Waals surface area contributed by atoms with Crippen LogP contribution in [-0.2, 0) is 0 Å². The van der Waals surface area contributed by atoms with Crippen LogP contribution in [0.5, 0.6) is 0 Å². The minimum Gasteiger partial charge on any atom is -0.399 e. The van der Waals surface area contributed by atoms with Crippen molar-refractivity contribution in [3.8, 4) is 0 Å². The molecule has 1 aromatic carbocycles. The molecule has 0 aliphatic carbocycles. The van der Waals surface area contributed by atoms with E-state index in [9.17, 15) is 4.79 Å². The molecule has 7 heteroatoms. The van der Waals surface area contributed by atoms with E-state index in [1.165, 1.54) is 12.4 Å². The molecular formula is C11H8BrClN4O. The predicted octanol–water partition coefficient (Wildman–Crippen LogP) is 2.73. The number of amides is 1. The Balaban J connectivity index is 2.24. The molecule has 0 bridgehead atoms. The van der Waals surface area contributed by atoms with Crippen LogP contribution >= 0.6 is 27.5 Å². The molecule has 3 N–H and O–H groups in total. The Morgan fingerprint density at radius 2 is 2.11 bits per heavy atom. The Morgan fingerprint density at radius 1 is 1.33 bits per heavy atom.